The summed E-state index contributed by atoms with van der Waals surface area (Å²) < 4.78 is 36.4. The monoisotopic (exact) mass is 410 g/mol. The number of fused-ring (bicyclic) bond motifs is 1. The van der Waals surface area contributed by atoms with Crippen LogP contribution in [0.5, 0.6) is 11.5 Å². The fourth-order valence-corrected chi connectivity index (χ4v) is 3.88. The van der Waals surface area contributed by atoms with E-state index in [9.17, 15) is 13.2 Å². The van der Waals surface area contributed by atoms with E-state index in [0.29, 0.717) is 22.1 Å². The average Bonchev–Trinajstić information content (AvgIpc) is 2.81. The third kappa shape index (κ3) is 4.45. The number of nitrogens with zero attached hydrogens (tertiary/aromatic N) is 1. The van der Waals surface area contributed by atoms with Gasteiger partial charge in [-0.1, -0.05) is 11.6 Å². The Bertz CT molecular complexity index is 947. The SMILES string of the molecule is COc1ccc(NC(=O)[C@@H]2CCN(S(C)(=O)=O)c3cc(Cl)ccc3O2)cc1. The van der Waals surface area contributed by atoms with Crippen molar-refractivity contribution in [3.05, 3.63) is 47.5 Å². The number of amides is 1. The first kappa shape index (κ1) is 19.3. The van der Waals surface area contributed by atoms with Crippen molar-refractivity contribution in [2.24, 2.45) is 0 Å². The van der Waals surface area contributed by atoms with Gasteiger partial charge in [0.1, 0.15) is 11.5 Å². The van der Waals surface area contributed by atoms with E-state index in [0.717, 1.165) is 6.26 Å². The van der Waals surface area contributed by atoms with Gasteiger partial charge in [0.2, 0.25) is 10.0 Å². The van der Waals surface area contributed by atoms with E-state index < -0.39 is 16.1 Å². The van der Waals surface area contributed by atoms with Gasteiger partial charge in [0.05, 0.1) is 19.1 Å². The summed E-state index contributed by atoms with van der Waals surface area (Å²) in [6.07, 6.45) is 0.454. The van der Waals surface area contributed by atoms with Crippen molar-refractivity contribution in [3.8, 4) is 11.5 Å². The molecule has 0 unspecified atom stereocenters. The molecule has 2 aromatic carbocycles. The minimum absolute atomic E-state index is 0.104. The summed E-state index contributed by atoms with van der Waals surface area (Å²) in [6, 6.07) is 11.5. The maximum Gasteiger partial charge on any atom is 0.265 e. The topological polar surface area (TPSA) is 84.9 Å². The van der Waals surface area contributed by atoms with Crippen molar-refractivity contribution in [1.82, 2.24) is 0 Å². The second-order valence-electron chi connectivity index (χ2n) is 6.06. The minimum atomic E-state index is -3.55. The quantitative estimate of drug-likeness (QED) is 0.837. The molecular formula is C18H19ClN2O5S. The molecule has 0 spiro atoms. The van der Waals surface area contributed by atoms with Crippen molar-refractivity contribution in [1.29, 1.82) is 0 Å². The molecule has 2 aromatic rings. The first-order valence-corrected chi connectivity index (χ1v) is 10.4. The van der Waals surface area contributed by atoms with E-state index >= 15 is 0 Å². The molecule has 144 valence electrons. The maximum absolute atomic E-state index is 12.6. The van der Waals surface area contributed by atoms with Gasteiger partial charge in [-0.25, -0.2) is 8.42 Å². The third-order valence-corrected chi connectivity index (χ3v) is 5.52. The predicted octanol–water partition coefficient (Wildman–Crippen LogP) is 2.90. The highest BCUT2D eigenvalue weighted by Crippen LogP contribution is 2.36. The summed E-state index contributed by atoms with van der Waals surface area (Å²) in [5.74, 6) is 0.599. The van der Waals surface area contributed by atoms with Crippen molar-refractivity contribution in [3.63, 3.8) is 0 Å². The Morgan fingerprint density at radius 3 is 2.59 bits per heavy atom. The molecule has 1 heterocycles. The second-order valence-corrected chi connectivity index (χ2v) is 8.40. The molecule has 1 aliphatic heterocycles. The molecule has 0 saturated carbocycles. The number of ether oxygens (including phenoxy) is 2. The van der Waals surface area contributed by atoms with E-state index in [1.807, 2.05) is 0 Å². The molecule has 1 aliphatic rings. The Morgan fingerprint density at radius 1 is 1.26 bits per heavy atom. The van der Waals surface area contributed by atoms with E-state index in [1.54, 1.807) is 43.5 Å². The van der Waals surface area contributed by atoms with Crippen LogP contribution in [0.2, 0.25) is 5.02 Å². The van der Waals surface area contributed by atoms with Crippen LogP contribution < -0.4 is 19.1 Å². The van der Waals surface area contributed by atoms with Gasteiger partial charge >= 0.3 is 0 Å². The predicted molar refractivity (Wildman–Crippen MR) is 104 cm³/mol. The van der Waals surface area contributed by atoms with Crippen molar-refractivity contribution in [2.75, 3.05) is 29.5 Å². The van der Waals surface area contributed by atoms with Gasteiger partial charge in [-0.2, -0.15) is 0 Å². The number of methoxy groups -OCH3 is 1. The zero-order chi connectivity index (χ0) is 19.6. The number of hydrogen-bond acceptors (Lipinski definition) is 5. The Labute approximate surface area is 162 Å². The zero-order valence-corrected chi connectivity index (χ0v) is 16.4. The lowest BCUT2D eigenvalue weighted by atomic mass is 10.2. The van der Waals surface area contributed by atoms with Gasteiger partial charge in [-0.3, -0.25) is 9.10 Å². The number of nitrogens with one attached hydrogen (secondary N) is 1. The number of anilines is 2. The molecule has 27 heavy (non-hydrogen) atoms. The lowest BCUT2D eigenvalue weighted by molar-refractivity contribution is -0.122. The Kier molecular flexibility index (Phi) is 5.48. The molecule has 0 radical (unpaired) electrons. The average molecular weight is 411 g/mol. The highest BCUT2D eigenvalue weighted by molar-refractivity contribution is 7.92. The molecule has 1 amide bonds. The Hall–Kier alpha value is -2.45. The van der Waals surface area contributed by atoms with Gasteiger partial charge in [0.15, 0.2) is 6.10 Å². The molecule has 1 N–H and O–H groups in total. The van der Waals surface area contributed by atoms with E-state index in [-0.39, 0.29) is 24.6 Å². The zero-order valence-electron chi connectivity index (χ0n) is 14.8. The van der Waals surface area contributed by atoms with Gasteiger partial charge in [-0.05, 0) is 42.5 Å². The van der Waals surface area contributed by atoms with Crippen LogP contribution in [0.3, 0.4) is 0 Å². The smallest absolute Gasteiger partial charge is 0.265 e. The van der Waals surface area contributed by atoms with Crippen LogP contribution >= 0.6 is 11.6 Å². The number of hydrogen-bond donors (Lipinski definition) is 1. The summed E-state index contributed by atoms with van der Waals surface area (Å²) in [4.78, 5) is 12.6. The minimum Gasteiger partial charge on any atom is -0.497 e. The molecular weight excluding hydrogens is 392 g/mol. The number of rotatable bonds is 4. The second kappa shape index (κ2) is 7.66. The van der Waals surface area contributed by atoms with E-state index in [1.165, 1.54) is 10.4 Å². The molecule has 7 nitrogen and oxygen atoms in total. The summed E-state index contributed by atoms with van der Waals surface area (Å²) in [5, 5.41) is 3.15. The van der Waals surface area contributed by atoms with Gasteiger partial charge in [-0.15, -0.1) is 0 Å². The molecule has 1 atom stereocenters. The summed E-state index contributed by atoms with van der Waals surface area (Å²) in [5.41, 5.74) is 0.912. The van der Waals surface area contributed by atoms with Gasteiger partial charge in [0, 0.05) is 23.7 Å². The van der Waals surface area contributed by atoms with Crippen LogP contribution in [0.15, 0.2) is 42.5 Å². The van der Waals surface area contributed by atoms with Crippen molar-refractivity contribution < 1.29 is 22.7 Å². The number of carbonyl (C=O) groups is 1. The maximum atomic E-state index is 12.6. The lowest BCUT2D eigenvalue weighted by Gasteiger charge is -2.21. The summed E-state index contributed by atoms with van der Waals surface area (Å²) in [7, 11) is -1.99. The van der Waals surface area contributed by atoms with Crippen LogP contribution in [0, 0.1) is 0 Å². The van der Waals surface area contributed by atoms with Crippen LogP contribution in [-0.4, -0.2) is 40.3 Å². The first-order chi connectivity index (χ1) is 12.8. The number of benzene rings is 2. The highest BCUT2D eigenvalue weighted by atomic mass is 35.5. The van der Waals surface area contributed by atoms with Crippen LogP contribution in [-0.2, 0) is 14.8 Å². The van der Waals surface area contributed by atoms with E-state index in [2.05, 4.69) is 5.32 Å². The standard InChI is InChI=1S/C18H19ClN2O5S/c1-25-14-6-4-13(5-7-14)20-18(22)17-9-10-21(27(2,23)24)15-11-12(19)3-8-16(15)26-17/h3-8,11,17H,9-10H2,1-2H3,(H,20,22)/t17-/m0/s1. The van der Waals surface area contributed by atoms with Crippen molar-refractivity contribution >= 4 is 38.9 Å². The molecule has 0 aromatic heterocycles. The van der Waals surface area contributed by atoms with E-state index in [4.69, 9.17) is 21.1 Å². The van der Waals surface area contributed by atoms with Crippen LogP contribution in [0.1, 0.15) is 6.42 Å². The lowest BCUT2D eigenvalue weighted by Crippen LogP contribution is -2.35. The van der Waals surface area contributed by atoms with Crippen LogP contribution in [0.25, 0.3) is 0 Å². The molecule has 0 saturated heterocycles. The van der Waals surface area contributed by atoms with Gasteiger partial charge < -0.3 is 14.8 Å². The normalized spacial score (nSPS) is 16.7. The summed E-state index contributed by atoms with van der Waals surface area (Å²) >= 11 is 6.01. The Morgan fingerprint density at radius 2 is 1.96 bits per heavy atom. The first-order valence-electron chi connectivity index (χ1n) is 8.17. The molecule has 0 fully saturated rings. The third-order valence-electron chi connectivity index (χ3n) is 4.10. The molecule has 3 rings (SSSR count). The largest absolute Gasteiger partial charge is 0.497 e. The fraction of sp³-hybridized carbons (Fsp3) is 0.278. The van der Waals surface area contributed by atoms with Crippen molar-refractivity contribution in [2.45, 2.75) is 12.5 Å². The fourth-order valence-electron chi connectivity index (χ4n) is 2.78. The van der Waals surface area contributed by atoms with Gasteiger partial charge in [0.25, 0.3) is 5.91 Å². The van der Waals surface area contributed by atoms with Crippen LogP contribution in [0.4, 0.5) is 11.4 Å². The molecule has 0 aliphatic carbocycles. The number of sulfonamides is 1. The molecule has 9 heteroatoms. The number of halogens is 1. The number of carbonyl (C=O) groups excluding carboxylic acids is 1. The highest BCUT2D eigenvalue weighted by Gasteiger charge is 2.31. The Balaban J connectivity index is 1.83. The summed E-state index contributed by atoms with van der Waals surface area (Å²) in [6.45, 7) is 0.104. The molecule has 0 bridgehead atoms.